The van der Waals surface area contributed by atoms with Crippen LogP contribution in [0.2, 0.25) is 0 Å². The minimum absolute atomic E-state index is 0.211. The van der Waals surface area contributed by atoms with Crippen molar-refractivity contribution in [3.05, 3.63) is 23.8 Å². The first-order chi connectivity index (χ1) is 7.54. The molecule has 4 heteroatoms. The summed E-state index contributed by atoms with van der Waals surface area (Å²) in [7, 11) is 0. The van der Waals surface area contributed by atoms with E-state index in [2.05, 4.69) is 5.32 Å². The van der Waals surface area contributed by atoms with Crippen LogP contribution < -0.4 is 11.1 Å². The quantitative estimate of drug-likeness (QED) is 0.671. The molecule has 0 amide bonds. The Hall–Kier alpha value is -1.73. The lowest BCUT2D eigenvalue weighted by atomic mass is 10.1. The fourth-order valence-electron chi connectivity index (χ4n) is 1.23. The smallest absolute Gasteiger partial charge is 0.101 e. The molecule has 0 radical (unpaired) electrons. The van der Waals surface area contributed by atoms with E-state index in [0.29, 0.717) is 17.8 Å². The molecule has 0 aliphatic carbocycles. The maximum absolute atomic E-state index is 9.61. The third-order valence-electron chi connectivity index (χ3n) is 2.46. The van der Waals surface area contributed by atoms with Crippen LogP contribution in [0.15, 0.2) is 18.2 Å². The zero-order valence-electron chi connectivity index (χ0n) is 9.57. The Balaban J connectivity index is 2.63. The van der Waals surface area contributed by atoms with E-state index in [1.165, 1.54) is 0 Å². The van der Waals surface area contributed by atoms with E-state index < -0.39 is 6.10 Å². The lowest BCUT2D eigenvalue weighted by Gasteiger charge is -2.16. The molecule has 86 valence electrons. The minimum Gasteiger partial charge on any atom is -0.398 e. The summed E-state index contributed by atoms with van der Waals surface area (Å²) >= 11 is 0. The average Bonchev–Trinajstić information content (AvgIpc) is 2.25. The third-order valence-corrected chi connectivity index (χ3v) is 2.46. The molecule has 0 heterocycles. The number of benzene rings is 1. The van der Waals surface area contributed by atoms with Crippen LogP contribution in [0.3, 0.4) is 0 Å². The van der Waals surface area contributed by atoms with Crippen LogP contribution in [0.5, 0.6) is 0 Å². The van der Waals surface area contributed by atoms with Crippen molar-refractivity contribution in [2.24, 2.45) is 5.92 Å². The third kappa shape index (κ3) is 3.14. The first kappa shape index (κ1) is 12.3. The summed E-state index contributed by atoms with van der Waals surface area (Å²) in [6, 6.07) is 7.15. The molecule has 0 aliphatic heterocycles. The van der Waals surface area contributed by atoms with Crippen LogP contribution in [-0.4, -0.2) is 17.8 Å². The Morgan fingerprint density at radius 3 is 2.69 bits per heavy atom. The van der Waals surface area contributed by atoms with Gasteiger partial charge < -0.3 is 16.2 Å². The molecular weight excluding hydrogens is 202 g/mol. The van der Waals surface area contributed by atoms with Gasteiger partial charge in [-0.1, -0.05) is 13.8 Å². The van der Waals surface area contributed by atoms with Crippen LogP contribution in [0.1, 0.15) is 19.4 Å². The average molecular weight is 219 g/mol. The van der Waals surface area contributed by atoms with Gasteiger partial charge in [-0.2, -0.15) is 5.26 Å². The highest BCUT2D eigenvalue weighted by Crippen LogP contribution is 2.17. The zero-order valence-corrected chi connectivity index (χ0v) is 9.57. The van der Waals surface area contributed by atoms with Crippen LogP contribution in [0.4, 0.5) is 11.4 Å². The molecule has 0 fully saturated rings. The lowest BCUT2D eigenvalue weighted by molar-refractivity contribution is 0.138. The second-order valence-electron chi connectivity index (χ2n) is 4.11. The van der Waals surface area contributed by atoms with Gasteiger partial charge in [0, 0.05) is 12.2 Å². The van der Waals surface area contributed by atoms with Crippen LogP contribution in [-0.2, 0) is 0 Å². The molecule has 1 unspecified atom stereocenters. The molecule has 4 N–H and O–H groups in total. The number of hydrogen-bond acceptors (Lipinski definition) is 4. The number of aliphatic hydroxyl groups excluding tert-OH is 1. The molecule has 1 aromatic rings. The fraction of sp³-hybridized carbons (Fsp3) is 0.417. The molecule has 1 atom stereocenters. The number of nitrogens with zero attached hydrogens (tertiary/aromatic N) is 1. The topological polar surface area (TPSA) is 82.1 Å². The van der Waals surface area contributed by atoms with Gasteiger partial charge in [-0.25, -0.2) is 0 Å². The van der Waals surface area contributed by atoms with Crippen LogP contribution >= 0.6 is 0 Å². The molecule has 0 aliphatic rings. The molecule has 16 heavy (non-hydrogen) atoms. The Bertz CT molecular complexity index is 396. The number of nitrogen functional groups attached to an aromatic ring is 1. The van der Waals surface area contributed by atoms with Gasteiger partial charge in [-0.05, 0) is 24.1 Å². The van der Waals surface area contributed by atoms with E-state index >= 15 is 0 Å². The summed E-state index contributed by atoms with van der Waals surface area (Å²) in [5, 5.41) is 21.4. The molecule has 0 saturated carbocycles. The summed E-state index contributed by atoms with van der Waals surface area (Å²) in [6.07, 6.45) is -0.392. The van der Waals surface area contributed by atoms with Gasteiger partial charge in [0.1, 0.15) is 6.07 Å². The van der Waals surface area contributed by atoms with Gasteiger partial charge in [-0.3, -0.25) is 0 Å². The van der Waals surface area contributed by atoms with Crippen LogP contribution in [0, 0.1) is 17.2 Å². The summed E-state index contributed by atoms with van der Waals surface area (Å²) in [6.45, 7) is 4.39. The summed E-state index contributed by atoms with van der Waals surface area (Å²) in [5.74, 6) is 0.211. The first-order valence-corrected chi connectivity index (χ1v) is 5.26. The number of anilines is 2. The Kier molecular flexibility index (Phi) is 4.15. The van der Waals surface area contributed by atoms with Gasteiger partial charge in [0.15, 0.2) is 0 Å². The summed E-state index contributed by atoms with van der Waals surface area (Å²) < 4.78 is 0. The number of nitrogens with two attached hydrogens (primary N) is 1. The standard InChI is InChI=1S/C12H17N3O/c1-8(2)12(16)7-15-10-4-3-9(6-13)11(14)5-10/h3-5,8,12,15-16H,7,14H2,1-2H3. The van der Waals surface area contributed by atoms with Crippen molar-refractivity contribution in [3.63, 3.8) is 0 Å². The highest BCUT2D eigenvalue weighted by atomic mass is 16.3. The predicted molar refractivity (Wildman–Crippen MR) is 64.9 cm³/mol. The van der Waals surface area contributed by atoms with E-state index in [1.54, 1.807) is 18.2 Å². The molecule has 4 nitrogen and oxygen atoms in total. The van der Waals surface area contributed by atoms with E-state index in [0.717, 1.165) is 5.69 Å². The van der Waals surface area contributed by atoms with Gasteiger partial charge in [0.05, 0.1) is 17.4 Å². The van der Waals surface area contributed by atoms with E-state index in [9.17, 15) is 5.11 Å². The fourth-order valence-corrected chi connectivity index (χ4v) is 1.23. The van der Waals surface area contributed by atoms with E-state index in [-0.39, 0.29) is 5.92 Å². The molecule has 1 aromatic carbocycles. The normalized spacial score (nSPS) is 12.2. The highest BCUT2D eigenvalue weighted by molar-refractivity contribution is 5.62. The van der Waals surface area contributed by atoms with Crippen molar-refractivity contribution < 1.29 is 5.11 Å². The maximum atomic E-state index is 9.61. The number of rotatable bonds is 4. The van der Waals surface area contributed by atoms with Gasteiger partial charge in [0.25, 0.3) is 0 Å². The predicted octanol–water partition coefficient (Wildman–Crippen LogP) is 1.57. The SMILES string of the molecule is CC(C)C(O)CNc1ccc(C#N)c(N)c1. The van der Waals surface area contributed by atoms with E-state index in [4.69, 9.17) is 11.0 Å². The maximum Gasteiger partial charge on any atom is 0.101 e. The number of nitrogens with one attached hydrogen (secondary N) is 1. The lowest BCUT2D eigenvalue weighted by Crippen LogP contribution is -2.24. The molecule has 0 aromatic heterocycles. The second-order valence-corrected chi connectivity index (χ2v) is 4.11. The molecular formula is C12H17N3O. The summed E-state index contributed by atoms with van der Waals surface area (Å²) in [4.78, 5) is 0. The Morgan fingerprint density at radius 2 is 2.19 bits per heavy atom. The van der Waals surface area contributed by atoms with Crippen molar-refractivity contribution in [1.82, 2.24) is 0 Å². The monoisotopic (exact) mass is 219 g/mol. The van der Waals surface area contributed by atoms with E-state index in [1.807, 2.05) is 19.9 Å². The summed E-state index contributed by atoms with van der Waals surface area (Å²) in [5.41, 5.74) is 7.41. The first-order valence-electron chi connectivity index (χ1n) is 5.26. The minimum atomic E-state index is -0.392. The van der Waals surface area contributed by atoms with Gasteiger partial charge in [0.2, 0.25) is 0 Å². The van der Waals surface area contributed by atoms with Gasteiger partial charge in [-0.15, -0.1) is 0 Å². The molecule has 0 spiro atoms. The Morgan fingerprint density at radius 1 is 1.50 bits per heavy atom. The van der Waals surface area contributed by atoms with Gasteiger partial charge >= 0.3 is 0 Å². The van der Waals surface area contributed by atoms with Crippen molar-refractivity contribution >= 4 is 11.4 Å². The van der Waals surface area contributed by atoms with Crippen molar-refractivity contribution in [2.75, 3.05) is 17.6 Å². The number of aliphatic hydroxyl groups is 1. The second kappa shape index (κ2) is 5.38. The zero-order chi connectivity index (χ0) is 12.1. The molecule has 1 rings (SSSR count). The Labute approximate surface area is 95.7 Å². The number of hydrogen-bond donors (Lipinski definition) is 3. The van der Waals surface area contributed by atoms with Crippen molar-refractivity contribution in [2.45, 2.75) is 20.0 Å². The van der Waals surface area contributed by atoms with Crippen molar-refractivity contribution in [1.29, 1.82) is 5.26 Å². The van der Waals surface area contributed by atoms with Crippen LogP contribution in [0.25, 0.3) is 0 Å². The molecule has 0 saturated heterocycles. The largest absolute Gasteiger partial charge is 0.398 e. The number of nitriles is 1. The molecule has 0 bridgehead atoms. The van der Waals surface area contributed by atoms with Crippen molar-refractivity contribution in [3.8, 4) is 6.07 Å². The highest BCUT2D eigenvalue weighted by Gasteiger charge is 2.08.